The highest BCUT2D eigenvalue weighted by Gasteiger charge is 2.22. The second kappa shape index (κ2) is 10.2. The van der Waals surface area contributed by atoms with Gasteiger partial charge in [-0.1, -0.05) is 36.0 Å². The molecule has 168 valence electrons. The number of amides is 1. The van der Waals surface area contributed by atoms with Crippen molar-refractivity contribution >= 4 is 23.4 Å². The van der Waals surface area contributed by atoms with E-state index in [2.05, 4.69) is 82.9 Å². The van der Waals surface area contributed by atoms with E-state index < -0.39 is 0 Å². The Kier molecular flexibility index (Phi) is 7.15. The number of hydrogen-bond donors (Lipinski definition) is 0. The smallest absolute Gasteiger partial charge is 0.233 e. The largest absolute Gasteiger partial charge is 0.372 e. The van der Waals surface area contributed by atoms with Crippen molar-refractivity contribution in [3.05, 3.63) is 59.7 Å². The molecule has 4 rings (SSSR count). The molecule has 0 spiro atoms. The number of anilines is 1. The van der Waals surface area contributed by atoms with Crippen molar-refractivity contribution in [3.63, 3.8) is 0 Å². The average molecular weight is 450 g/mol. The maximum Gasteiger partial charge on any atom is 0.233 e. The predicted octanol–water partition coefficient (Wildman–Crippen LogP) is 4.49. The van der Waals surface area contributed by atoms with Crippen LogP contribution in [0.4, 0.5) is 5.69 Å². The maximum absolute atomic E-state index is 12.9. The quantitative estimate of drug-likeness (QED) is 0.474. The Bertz CT molecular complexity index is 1060. The molecule has 1 aliphatic heterocycles. The van der Waals surface area contributed by atoms with Crippen LogP contribution in [0.15, 0.2) is 53.7 Å². The van der Waals surface area contributed by atoms with E-state index in [1.165, 1.54) is 28.6 Å². The summed E-state index contributed by atoms with van der Waals surface area (Å²) in [5.74, 6) is 1.38. The number of thioether (sulfide) groups is 1. The lowest BCUT2D eigenvalue weighted by Crippen LogP contribution is -2.37. The third kappa shape index (κ3) is 4.67. The van der Waals surface area contributed by atoms with Gasteiger partial charge in [0.25, 0.3) is 0 Å². The second-order valence-corrected chi connectivity index (χ2v) is 8.83. The Morgan fingerprint density at radius 1 is 1.00 bits per heavy atom. The molecule has 0 bridgehead atoms. The fourth-order valence-electron chi connectivity index (χ4n) is 4.23. The average Bonchev–Trinajstić information content (AvgIpc) is 3.26. The zero-order valence-electron chi connectivity index (χ0n) is 19.1. The van der Waals surface area contributed by atoms with Crippen LogP contribution in [0.1, 0.15) is 31.9 Å². The van der Waals surface area contributed by atoms with Crippen LogP contribution >= 0.6 is 11.8 Å². The summed E-state index contributed by atoms with van der Waals surface area (Å²) in [5, 5.41) is 9.64. The maximum atomic E-state index is 12.9. The number of nitrogens with zero attached hydrogens (tertiary/aromatic N) is 5. The Morgan fingerprint density at radius 2 is 1.72 bits per heavy atom. The zero-order valence-corrected chi connectivity index (χ0v) is 19.9. The van der Waals surface area contributed by atoms with Gasteiger partial charge >= 0.3 is 0 Å². The van der Waals surface area contributed by atoms with Gasteiger partial charge in [0.05, 0.1) is 5.75 Å². The van der Waals surface area contributed by atoms with E-state index in [1.807, 2.05) is 11.0 Å². The molecule has 0 saturated heterocycles. The minimum atomic E-state index is 0.153. The van der Waals surface area contributed by atoms with E-state index in [-0.39, 0.29) is 5.91 Å². The number of carbonyl (C=O) groups is 1. The Balaban J connectivity index is 1.43. The van der Waals surface area contributed by atoms with Crippen LogP contribution in [0.2, 0.25) is 0 Å². The first-order chi connectivity index (χ1) is 15.6. The lowest BCUT2D eigenvalue weighted by molar-refractivity contribution is -0.129. The SMILES string of the molecule is CCN(CC)c1ccc(-c2nnc(SCC(=O)N3CCc4ccccc4C3)n2CC)cc1. The van der Waals surface area contributed by atoms with Crippen molar-refractivity contribution < 1.29 is 4.79 Å². The molecule has 0 aliphatic carbocycles. The fourth-order valence-corrected chi connectivity index (χ4v) is 5.14. The van der Waals surface area contributed by atoms with Gasteiger partial charge in [-0.15, -0.1) is 10.2 Å². The summed E-state index contributed by atoms with van der Waals surface area (Å²) < 4.78 is 2.09. The van der Waals surface area contributed by atoms with Crippen LogP contribution in [0, 0.1) is 0 Å². The van der Waals surface area contributed by atoms with Gasteiger partial charge < -0.3 is 14.4 Å². The van der Waals surface area contributed by atoms with Crippen molar-refractivity contribution in [2.75, 3.05) is 30.3 Å². The summed E-state index contributed by atoms with van der Waals surface area (Å²) in [5.41, 5.74) is 4.86. The van der Waals surface area contributed by atoms with Gasteiger partial charge in [-0.2, -0.15) is 0 Å². The summed E-state index contributed by atoms with van der Waals surface area (Å²) in [6, 6.07) is 16.9. The van der Waals surface area contributed by atoms with Gasteiger partial charge in [0.1, 0.15) is 0 Å². The van der Waals surface area contributed by atoms with Crippen molar-refractivity contribution in [2.24, 2.45) is 0 Å². The third-order valence-corrected chi connectivity index (χ3v) is 7.05. The number of carbonyl (C=O) groups excluding carboxylic acids is 1. The minimum Gasteiger partial charge on any atom is -0.372 e. The molecule has 0 fully saturated rings. The number of hydrogen-bond acceptors (Lipinski definition) is 5. The number of fused-ring (bicyclic) bond motifs is 1. The van der Waals surface area contributed by atoms with Gasteiger partial charge in [0.15, 0.2) is 11.0 Å². The minimum absolute atomic E-state index is 0.153. The zero-order chi connectivity index (χ0) is 22.5. The highest BCUT2D eigenvalue weighted by molar-refractivity contribution is 7.99. The molecule has 0 saturated carbocycles. The van der Waals surface area contributed by atoms with Crippen molar-refractivity contribution in [3.8, 4) is 11.4 Å². The molecule has 6 nitrogen and oxygen atoms in total. The molecule has 0 atom stereocenters. The van der Waals surface area contributed by atoms with E-state index in [0.29, 0.717) is 12.3 Å². The van der Waals surface area contributed by atoms with Gasteiger partial charge in [-0.3, -0.25) is 4.79 Å². The standard InChI is InChI=1S/C25H31N5OS/c1-4-28(5-2)22-13-11-20(12-14-22)24-26-27-25(30(24)6-3)32-18-23(31)29-16-15-19-9-7-8-10-21(19)17-29/h7-14H,4-6,15-18H2,1-3H3. The van der Waals surface area contributed by atoms with E-state index in [9.17, 15) is 4.79 Å². The number of rotatable bonds is 8. The summed E-state index contributed by atoms with van der Waals surface area (Å²) >= 11 is 1.48. The molecule has 1 amide bonds. The van der Waals surface area contributed by atoms with E-state index in [0.717, 1.165) is 49.1 Å². The molecule has 0 N–H and O–H groups in total. The van der Waals surface area contributed by atoms with Crippen LogP contribution < -0.4 is 4.90 Å². The molecule has 32 heavy (non-hydrogen) atoms. The topological polar surface area (TPSA) is 54.3 Å². The highest BCUT2D eigenvalue weighted by Crippen LogP contribution is 2.27. The molecule has 7 heteroatoms. The number of benzene rings is 2. The molecule has 2 heterocycles. The lowest BCUT2D eigenvalue weighted by atomic mass is 10.00. The number of aromatic nitrogens is 3. The van der Waals surface area contributed by atoms with Crippen molar-refractivity contribution in [1.29, 1.82) is 0 Å². The summed E-state index contributed by atoms with van der Waals surface area (Å²) in [6.45, 7) is 10.6. The van der Waals surface area contributed by atoms with E-state index in [1.54, 1.807) is 0 Å². The Hall–Kier alpha value is -2.80. The molecule has 0 unspecified atom stereocenters. The summed E-state index contributed by atoms with van der Waals surface area (Å²) in [6.07, 6.45) is 0.922. The van der Waals surface area contributed by atoms with E-state index >= 15 is 0 Å². The van der Waals surface area contributed by atoms with Crippen LogP contribution in [0.5, 0.6) is 0 Å². The van der Waals surface area contributed by atoms with Crippen molar-refractivity contribution in [2.45, 2.75) is 45.4 Å². The summed E-state index contributed by atoms with van der Waals surface area (Å²) in [7, 11) is 0. The normalized spacial score (nSPS) is 13.2. The Morgan fingerprint density at radius 3 is 2.41 bits per heavy atom. The molecular weight excluding hydrogens is 418 g/mol. The second-order valence-electron chi connectivity index (χ2n) is 7.89. The fraction of sp³-hybridized carbons (Fsp3) is 0.400. The first-order valence-corrected chi connectivity index (χ1v) is 12.4. The predicted molar refractivity (Wildman–Crippen MR) is 131 cm³/mol. The first kappa shape index (κ1) is 22.4. The van der Waals surface area contributed by atoms with Gasteiger partial charge in [0, 0.05) is 44.0 Å². The van der Waals surface area contributed by atoms with Gasteiger partial charge in [-0.25, -0.2) is 0 Å². The summed E-state index contributed by atoms with van der Waals surface area (Å²) in [4.78, 5) is 17.1. The van der Waals surface area contributed by atoms with Crippen LogP contribution in [0.3, 0.4) is 0 Å². The molecule has 1 aliphatic rings. The van der Waals surface area contributed by atoms with Crippen molar-refractivity contribution in [1.82, 2.24) is 19.7 Å². The molecule has 2 aromatic carbocycles. The molecule has 1 aromatic heterocycles. The van der Waals surface area contributed by atoms with Crippen LogP contribution in [-0.4, -0.2) is 51.0 Å². The molecular formula is C25H31N5OS. The van der Waals surface area contributed by atoms with E-state index in [4.69, 9.17) is 0 Å². The van der Waals surface area contributed by atoms with Crippen LogP contribution in [-0.2, 0) is 24.3 Å². The molecule has 3 aromatic rings. The monoisotopic (exact) mass is 449 g/mol. The first-order valence-electron chi connectivity index (χ1n) is 11.4. The van der Waals surface area contributed by atoms with Gasteiger partial charge in [-0.05, 0) is 62.6 Å². The third-order valence-electron chi connectivity index (χ3n) is 6.10. The van der Waals surface area contributed by atoms with Crippen LogP contribution in [0.25, 0.3) is 11.4 Å². The highest BCUT2D eigenvalue weighted by atomic mass is 32.2. The lowest BCUT2D eigenvalue weighted by Gasteiger charge is -2.28. The molecule has 0 radical (unpaired) electrons. The van der Waals surface area contributed by atoms with Gasteiger partial charge in [0.2, 0.25) is 5.91 Å². The Labute approximate surface area is 194 Å².